The minimum absolute atomic E-state index is 0.00114. The van der Waals surface area contributed by atoms with Crippen LogP contribution in [0.2, 0.25) is 0 Å². The monoisotopic (exact) mass is 326 g/mol. The van der Waals surface area contributed by atoms with E-state index in [-0.39, 0.29) is 11.6 Å². The maximum absolute atomic E-state index is 12.4. The average Bonchev–Trinajstić information content (AvgIpc) is 2.38. The second-order valence-electron chi connectivity index (χ2n) is 4.67. The van der Waals surface area contributed by atoms with Gasteiger partial charge in [0, 0.05) is 35.1 Å². The molecule has 1 aromatic carbocycles. The van der Waals surface area contributed by atoms with Gasteiger partial charge in [0.15, 0.2) is 0 Å². The summed E-state index contributed by atoms with van der Waals surface area (Å²) < 4.78 is 0. The van der Waals surface area contributed by atoms with E-state index in [1.165, 1.54) is 6.07 Å². The van der Waals surface area contributed by atoms with E-state index in [0.717, 1.165) is 12.8 Å². The lowest BCUT2D eigenvalue weighted by Crippen LogP contribution is -2.39. The van der Waals surface area contributed by atoms with Crippen LogP contribution in [0.1, 0.15) is 28.8 Å². The van der Waals surface area contributed by atoms with Crippen LogP contribution in [0.25, 0.3) is 0 Å². The molecule has 0 saturated carbocycles. The van der Waals surface area contributed by atoms with Gasteiger partial charge in [-0.25, -0.2) is 0 Å². The quantitative estimate of drug-likeness (QED) is 0.477. The van der Waals surface area contributed by atoms with E-state index < -0.39 is 4.92 Å². The molecule has 0 atom stereocenters. The third-order valence-corrected chi connectivity index (χ3v) is 4.36. The molecule has 1 saturated heterocycles. The summed E-state index contributed by atoms with van der Waals surface area (Å²) in [4.78, 5) is 25.1. The molecule has 0 N–H and O–H groups in total. The third kappa shape index (κ3) is 2.94. The van der Waals surface area contributed by atoms with Gasteiger partial charge in [-0.2, -0.15) is 0 Å². The van der Waals surface area contributed by atoms with Crippen LogP contribution >= 0.6 is 15.9 Å². The van der Waals surface area contributed by atoms with Crippen molar-refractivity contribution in [2.24, 2.45) is 0 Å². The molecule has 19 heavy (non-hydrogen) atoms. The number of nitrogens with zero attached hydrogens (tertiary/aromatic N) is 2. The molecular formula is C13H15BrN2O3. The number of amides is 1. The van der Waals surface area contributed by atoms with Crippen molar-refractivity contribution in [3.63, 3.8) is 0 Å². The van der Waals surface area contributed by atoms with Crippen LogP contribution in [0.4, 0.5) is 5.69 Å². The Morgan fingerprint density at radius 2 is 2.05 bits per heavy atom. The summed E-state index contributed by atoms with van der Waals surface area (Å²) >= 11 is 3.54. The molecule has 0 bridgehead atoms. The van der Waals surface area contributed by atoms with Gasteiger partial charge in [0.05, 0.1) is 4.92 Å². The Labute approximate surface area is 119 Å². The van der Waals surface area contributed by atoms with Gasteiger partial charge in [0.1, 0.15) is 0 Å². The molecule has 5 nitrogen and oxygen atoms in total. The predicted molar refractivity (Wildman–Crippen MR) is 75.7 cm³/mol. The van der Waals surface area contributed by atoms with Crippen LogP contribution < -0.4 is 0 Å². The lowest BCUT2D eigenvalue weighted by molar-refractivity contribution is -0.385. The van der Waals surface area contributed by atoms with Gasteiger partial charge < -0.3 is 4.90 Å². The van der Waals surface area contributed by atoms with Crippen LogP contribution in [0, 0.1) is 17.0 Å². The van der Waals surface area contributed by atoms with E-state index in [9.17, 15) is 14.9 Å². The minimum atomic E-state index is -0.448. The zero-order valence-corrected chi connectivity index (χ0v) is 12.2. The van der Waals surface area contributed by atoms with Gasteiger partial charge in [0.2, 0.25) is 0 Å². The first kappa shape index (κ1) is 14.0. The van der Waals surface area contributed by atoms with E-state index in [1.54, 1.807) is 24.0 Å². The van der Waals surface area contributed by atoms with Crippen LogP contribution in [-0.2, 0) is 0 Å². The van der Waals surface area contributed by atoms with E-state index in [0.29, 0.717) is 29.0 Å². The Morgan fingerprint density at radius 1 is 1.42 bits per heavy atom. The molecule has 1 aliphatic heterocycles. The summed E-state index contributed by atoms with van der Waals surface area (Å²) in [7, 11) is 0. The number of rotatable bonds is 2. The van der Waals surface area contributed by atoms with Crippen molar-refractivity contribution < 1.29 is 9.72 Å². The van der Waals surface area contributed by atoms with E-state index >= 15 is 0 Å². The van der Waals surface area contributed by atoms with Crippen molar-refractivity contribution in [2.75, 3.05) is 13.1 Å². The topological polar surface area (TPSA) is 63.5 Å². The Morgan fingerprint density at radius 3 is 2.63 bits per heavy atom. The molecule has 1 aromatic rings. The van der Waals surface area contributed by atoms with Crippen molar-refractivity contribution in [2.45, 2.75) is 24.6 Å². The van der Waals surface area contributed by atoms with Crippen molar-refractivity contribution >= 4 is 27.5 Å². The first-order valence-electron chi connectivity index (χ1n) is 6.18. The molecule has 6 heteroatoms. The molecular weight excluding hydrogens is 312 g/mol. The Kier molecular flexibility index (Phi) is 4.19. The summed E-state index contributed by atoms with van der Waals surface area (Å²) in [6.07, 6.45) is 1.83. The number of halogens is 1. The Bertz CT molecular complexity index is 511. The zero-order valence-electron chi connectivity index (χ0n) is 10.6. The molecule has 102 valence electrons. The highest BCUT2D eigenvalue weighted by Crippen LogP contribution is 2.24. The molecule has 1 fully saturated rings. The zero-order chi connectivity index (χ0) is 14.0. The molecule has 0 spiro atoms. The van der Waals surface area contributed by atoms with Gasteiger partial charge in [0.25, 0.3) is 11.6 Å². The summed E-state index contributed by atoms with van der Waals surface area (Å²) in [6.45, 7) is 3.01. The number of carbonyl (C=O) groups excluding carboxylic acids is 1. The smallest absolute Gasteiger partial charge is 0.273 e. The van der Waals surface area contributed by atoms with Crippen molar-refractivity contribution in [1.29, 1.82) is 0 Å². The number of likely N-dealkylation sites (tertiary alicyclic amines) is 1. The average molecular weight is 327 g/mol. The molecule has 0 aromatic heterocycles. The Hall–Kier alpha value is -1.43. The number of nitro benzene ring substituents is 1. The number of carbonyl (C=O) groups is 1. The molecule has 0 unspecified atom stereocenters. The first-order chi connectivity index (χ1) is 9.00. The van der Waals surface area contributed by atoms with Crippen molar-refractivity contribution in [1.82, 2.24) is 4.90 Å². The van der Waals surface area contributed by atoms with Gasteiger partial charge >= 0.3 is 0 Å². The van der Waals surface area contributed by atoms with E-state index in [2.05, 4.69) is 15.9 Å². The van der Waals surface area contributed by atoms with Crippen LogP contribution in [0.3, 0.4) is 0 Å². The number of hydrogen-bond acceptors (Lipinski definition) is 3. The molecule has 1 amide bonds. The van der Waals surface area contributed by atoms with Crippen molar-refractivity contribution in [3.8, 4) is 0 Å². The molecule has 1 aliphatic rings. The van der Waals surface area contributed by atoms with Gasteiger partial charge in [-0.15, -0.1) is 0 Å². The molecule has 0 aliphatic carbocycles. The first-order valence-corrected chi connectivity index (χ1v) is 7.09. The Balaban J connectivity index is 2.24. The highest BCUT2D eigenvalue weighted by molar-refractivity contribution is 9.09. The summed E-state index contributed by atoms with van der Waals surface area (Å²) in [5.41, 5.74) is 0.877. The largest absolute Gasteiger partial charge is 0.339 e. The number of piperidine rings is 1. The maximum Gasteiger partial charge on any atom is 0.273 e. The van der Waals surface area contributed by atoms with Gasteiger partial charge in [-0.05, 0) is 25.8 Å². The normalized spacial score (nSPS) is 16.4. The summed E-state index contributed by atoms with van der Waals surface area (Å²) in [5.74, 6) is -0.111. The maximum atomic E-state index is 12.4. The molecule has 1 heterocycles. The second kappa shape index (κ2) is 5.69. The van der Waals surface area contributed by atoms with Crippen molar-refractivity contribution in [3.05, 3.63) is 39.4 Å². The second-order valence-corrected chi connectivity index (χ2v) is 5.97. The van der Waals surface area contributed by atoms with Crippen LogP contribution in [-0.4, -0.2) is 33.6 Å². The number of benzene rings is 1. The van der Waals surface area contributed by atoms with E-state index in [4.69, 9.17) is 0 Å². The lowest BCUT2D eigenvalue weighted by Gasteiger charge is -2.29. The fraction of sp³-hybridized carbons (Fsp3) is 0.462. The third-order valence-electron chi connectivity index (χ3n) is 3.44. The minimum Gasteiger partial charge on any atom is -0.339 e. The lowest BCUT2D eigenvalue weighted by atomic mass is 10.0. The predicted octanol–water partition coefficient (Wildman–Crippen LogP) is 2.90. The summed E-state index contributed by atoms with van der Waals surface area (Å²) in [5, 5.41) is 10.9. The van der Waals surface area contributed by atoms with Crippen LogP contribution in [0.15, 0.2) is 18.2 Å². The van der Waals surface area contributed by atoms with E-state index in [1.807, 2.05) is 0 Å². The molecule has 0 radical (unpaired) electrons. The van der Waals surface area contributed by atoms with Gasteiger partial charge in [-0.3, -0.25) is 14.9 Å². The fourth-order valence-electron chi connectivity index (χ4n) is 2.27. The standard InChI is InChI=1S/C13H15BrN2O3/c1-9-11(3-2-4-12(9)16(18)19)13(17)15-7-5-10(14)6-8-15/h2-4,10H,5-8H2,1H3. The SMILES string of the molecule is Cc1c(C(=O)N2CCC(Br)CC2)cccc1[N+](=O)[O-]. The molecule has 2 rings (SSSR count). The fourth-order valence-corrected chi connectivity index (χ4v) is 2.68. The number of hydrogen-bond donors (Lipinski definition) is 0. The number of nitro groups is 1. The van der Waals surface area contributed by atoms with Gasteiger partial charge in [-0.1, -0.05) is 22.0 Å². The highest BCUT2D eigenvalue weighted by atomic mass is 79.9. The van der Waals surface area contributed by atoms with Crippen LogP contribution in [0.5, 0.6) is 0 Å². The highest BCUT2D eigenvalue weighted by Gasteiger charge is 2.25. The summed E-state index contributed by atoms with van der Waals surface area (Å²) in [6, 6.07) is 4.65. The number of alkyl halides is 1.